The summed E-state index contributed by atoms with van der Waals surface area (Å²) in [5.41, 5.74) is 3.70. The molecule has 2 saturated heterocycles. The summed E-state index contributed by atoms with van der Waals surface area (Å²) >= 11 is 0. The highest BCUT2D eigenvalue weighted by Gasteiger charge is 2.46. The number of carbonyl (C=O) groups excluding carboxylic acids is 1. The smallest absolute Gasteiger partial charge is 0.257 e. The molecule has 2 aliphatic heterocycles. The van der Waals surface area contributed by atoms with E-state index in [1.807, 2.05) is 46.4 Å². The van der Waals surface area contributed by atoms with Gasteiger partial charge in [0.1, 0.15) is 11.3 Å². The van der Waals surface area contributed by atoms with Gasteiger partial charge in [0, 0.05) is 63.4 Å². The summed E-state index contributed by atoms with van der Waals surface area (Å²) in [6.45, 7) is 6.51. The van der Waals surface area contributed by atoms with Crippen molar-refractivity contribution in [1.82, 2.24) is 34.2 Å². The fourth-order valence-electron chi connectivity index (χ4n) is 5.57. The highest BCUT2D eigenvalue weighted by Crippen LogP contribution is 2.37. The first-order valence-electron chi connectivity index (χ1n) is 13.9. The lowest BCUT2D eigenvalue weighted by Gasteiger charge is -2.50. The van der Waals surface area contributed by atoms with Crippen molar-refractivity contribution >= 4 is 28.9 Å². The van der Waals surface area contributed by atoms with Crippen molar-refractivity contribution in [2.24, 2.45) is 0 Å². The number of carbonyl (C=O) groups is 1. The predicted octanol–water partition coefficient (Wildman–Crippen LogP) is 2.76. The number of nitrogens with zero attached hydrogens (tertiary/aromatic N) is 9. The van der Waals surface area contributed by atoms with Crippen LogP contribution in [0.2, 0.25) is 0 Å². The van der Waals surface area contributed by atoms with Gasteiger partial charge in [0.2, 0.25) is 5.95 Å². The monoisotopic (exact) mass is 554 g/mol. The zero-order chi connectivity index (χ0) is 28.6. The molecule has 3 aromatic heterocycles. The van der Waals surface area contributed by atoms with Crippen molar-refractivity contribution in [1.29, 1.82) is 5.26 Å². The number of anilines is 3. The number of fused-ring (bicyclic) bond motifs is 1. The van der Waals surface area contributed by atoms with E-state index in [0.29, 0.717) is 55.5 Å². The zero-order valence-electron chi connectivity index (χ0n) is 23.6. The third-order valence-electron chi connectivity index (χ3n) is 8.07. The number of nitriles is 1. The Morgan fingerprint density at radius 2 is 2.00 bits per heavy atom. The summed E-state index contributed by atoms with van der Waals surface area (Å²) in [6, 6.07) is 11.7. The number of amides is 1. The minimum Gasteiger partial charge on any atom is -0.496 e. The van der Waals surface area contributed by atoms with E-state index in [2.05, 4.69) is 45.4 Å². The van der Waals surface area contributed by atoms with Gasteiger partial charge in [-0.05, 0) is 43.3 Å². The summed E-state index contributed by atoms with van der Waals surface area (Å²) < 4.78 is 9.29. The second kappa shape index (κ2) is 10.7. The van der Waals surface area contributed by atoms with Gasteiger partial charge in [0.25, 0.3) is 5.91 Å². The molecule has 2 fully saturated rings. The number of rotatable bonds is 8. The summed E-state index contributed by atoms with van der Waals surface area (Å²) in [5.74, 6) is 0.906. The van der Waals surface area contributed by atoms with E-state index >= 15 is 0 Å². The molecule has 0 spiro atoms. The lowest BCUT2D eigenvalue weighted by atomic mass is 9.86. The van der Waals surface area contributed by atoms with Crippen molar-refractivity contribution in [2.75, 3.05) is 63.6 Å². The molecule has 4 aromatic rings. The molecular formula is C29H34N10O2. The molecular weight excluding hydrogens is 520 g/mol. The molecule has 0 unspecified atom stereocenters. The Bertz CT molecular complexity index is 1610. The van der Waals surface area contributed by atoms with Gasteiger partial charge >= 0.3 is 0 Å². The number of likely N-dealkylation sites (N-methyl/N-ethyl adjacent to an activating group) is 1. The first-order valence-corrected chi connectivity index (χ1v) is 13.9. The Morgan fingerprint density at radius 3 is 2.71 bits per heavy atom. The maximum absolute atomic E-state index is 13.2. The molecule has 0 aliphatic carbocycles. The molecule has 0 atom stereocenters. The van der Waals surface area contributed by atoms with E-state index in [1.165, 1.54) is 0 Å². The van der Waals surface area contributed by atoms with Gasteiger partial charge < -0.3 is 24.8 Å². The largest absolute Gasteiger partial charge is 0.496 e. The third kappa shape index (κ3) is 4.93. The molecule has 1 N–H and O–H groups in total. The SMILES string of the molecule is CCc1cnn(C2(CC#N)CN(c3cccn4nc(Nc5ccc(C(=O)N6CCN(C)CC6)c(OC)c5)nc34)C2)c1. The normalized spacial score (nSPS) is 16.8. The molecule has 12 heteroatoms. The van der Waals surface area contributed by atoms with Crippen molar-refractivity contribution in [3.63, 3.8) is 0 Å². The molecule has 0 bridgehead atoms. The molecule has 6 rings (SSSR count). The van der Waals surface area contributed by atoms with Crippen LogP contribution in [0.4, 0.5) is 17.3 Å². The third-order valence-corrected chi connectivity index (χ3v) is 8.07. The van der Waals surface area contributed by atoms with Crippen LogP contribution in [0.25, 0.3) is 5.65 Å². The first kappa shape index (κ1) is 26.6. The van der Waals surface area contributed by atoms with Gasteiger partial charge in [-0.1, -0.05) is 6.92 Å². The minimum absolute atomic E-state index is 0.0277. The molecule has 2 aliphatic rings. The van der Waals surface area contributed by atoms with Gasteiger partial charge in [-0.2, -0.15) is 15.3 Å². The molecule has 0 saturated carbocycles. The van der Waals surface area contributed by atoms with Gasteiger partial charge in [-0.25, -0.2) is 4.52 Å². The second-order valence-corrected chi connectivity index (χ2v) is 10.8. The fraction of sp³-hybridized carbons (Fsp3) is 0.414. The number of nitrogens with one attached hydrogen (secondary N) is 1. The van der Waals surface area contributed by atoms with E-state index in [-0.39, 0.29) is 11.4 Å². The molecule has 41 heavy (non-hydrogen) atoms. The van der Waals surface area contributed by atoms with Crippen LogP contribution in [0, 0.1) is 11.3 Å². The number of ether oxygens (including phenoxy) is 1. The molecule has 0 radical (unpaired) electrons. The van der Waals surface area contributed by atoms with Gasteiger partial charge in [0.05, 0.1) is 37.0 Å². The summed E-state index contributed by atoms with van der Waals surface area (Å²) in [6.07, 6.45) is 7.07. The number of hydrogen-bond acceptors (Lipinski definition) is 9. The molecule has 1 aromatic carbocycles. The number of methoxy groups -OCH3 is 1. The fourth-order valence-corrected chi connectivity index (χ4v) is 5.57. The topological polar surface area (TPSA) is 120 Å². The van der Waals surface area contributed by atoms with E-state index < -0.39 is 0 Å². The van der Waals surface area contributed by atoms with Crippen LogP contribution in [0.5, 0.6) is 5.75 Å². The Balaban J connectivity index is 1.20. The lowest BCUT2D eigenvalue weighted by molar-refractivity contribution is 0.0661. The average Bonchev–Trinajstić information content (AvgIpc) is 3.62. The zero-order valence-corrected chi connectivity index (χ0v) is 23.6. The Hall–Kier alpha value is -4.63. The second-order valence-electron chi connectivity index (χ2n) is 10.8. The van der Waals surface area contributed by atoms with Crippen LogP contribution in [-0.2, 0) is 12.0 Å². The lowest BCUT2D eigenvalue weighted by Crippen LogP contribution is -2.63. The molecule has 12 nitrogen and oxygen atoms in total. The van der Waals surface area contributed by atoms with E-state index in [1.54, 1.807) is 23.8 Å². The van der Waals surface area contributed by atoms with Crippen LogP contribution < -0.4 is 15.0 Å². The van der Waals surface area contributed by atoms with Crippen molar-refractivity contribution in [3.05, 3.63) is 60.0 Å². The standard InChI is InChI=1S/C29H34N10O2/c1-4-21-17-31-39(18-21)29(9-10-30)19-37(20-29)24-6-5-11-38-26(24)33-28(34-38)32-22-7-8-23(25(16-22)41-3)27(40)36-14-12-35(2)13-15-36/h5-8,11,16-18H,4,9,12-15,19-20H2,1-3H3,(H,32,34). The summed E-state index contributed by atoms with van der Waals surface area (Å²) in [4.78, 5) is 24.2. The van der Waals surface area contributed by atoms with Gasteiger partial charge in [-0.3, -0.25) is 9.48 Å². The van der Waals surface area contributed by atoms with E-state index in [9.17, 15) is 10.1 Å². The first-order chi connectivity index (χ1) is 19.9. The van der Waals surface area contributed by atoms with Gasteiger partial charge in [0.15, 0.2) is 5.65 Å². The van der Waals surface area contributed by atoms with Crippen molar-refractivity contribution in [2.45, 2.75) is 25.3 Å². The number of benzene rings is 1. The van der Waals surface area contributed by atoms with Crippen LogP contribution >= 0.6 is 0 Å². The predicted molar refractivity (Wildman–Crippen MR) is 155 cm³/mol. The van der Waals surface area contributed by atoms with Crippen LogP contribution in [0.3, 0.4) is 0 Å². The molecule has 212 valence electrons. The van der Waals surface area contributed by atoms with Gasteiger partial charge in [-0.15, -0.1) is 5.10 Å². The maximum Gasteiger partial charge on any atom is 0.257 e. The number of piperazine rings is 1. The van der Waals surface area contributed by atoms with E-state index in [0.717, 1.165) is 36.4 Å². The van der Waals surface area contributed by atoms with Crippen LogP contribution in [0.1, 0.15) is 29.3 Å². The number of hydrogen-bond donors (Lipinski definition) is 1. The Kier molecular flexibility index (Phi) is 6.96. The number of pyridine rings is 1. The summed E-state index contributed by atoms with van der Waals surface area (Å²) in [5, 5.41) is 22.0. The Morgan fingerprint density at radius 1 is 1.20 bits per heavy atom. The molecule has 1 amide bonds. The highest BCUT2D eigenvalue weighted by molar-refractivity contribution is 5.97. The van der Waals surface area contributed by atoms with Crippen molar-refractivity contribution in [3.8, 4) is 11.8 Å². The minimum atomic E-state index is -0.365. The summed E-state index contributed by atoms with van der Waals surface area (Å²) in [7, 11) is 3.63. The quantitative estimate of drug-likeness (QED) is 0.351. The Labute approximate surface area is 238 Å². The number of aryl methyl sites for hydroxylation is 1. The molecule has 5 heterocycles. The van der Waals surface area contributed by atoms with Crippen LogP contribution in [-0.4, -0.2) is 93.5 Å². The number of aromatic nitrogens is 5. The maximum atomic E-state index is 13.2. The van der Waals surface area contributed by atoms with E-state index in [4.69, 9.17) is 9.72 Å². The average molecular weight is 555 g/mol. The van der Waals surface area contributed by atoms with Crippen LogP contribution in [0.15, 0.2) is 48.9 Å². The highest BCUT2D eigenvalue weighted by atomic mass is 16.5. The van der Waals surface area contributed by atoms with Crippen molar-refractivity contribution < 1.29 is 9.53 Å².